The van der Waals surface area contributed by atoms with Gasteiger partial charge >= 0.3 is 0 Å². The largest absolute Gasteiger partial charge is 0.325 e. The van der Waals surface area contributed by atoms with Crippen LogP contribution >= 0.6 is 15.9 Å². The van der Waals surface area contributed by atoms with Gasteiger partial charge in [0.25, 0.3) is 0 Å². The number of rotatable bonds is 4. The Bertz CT molecular complexity index is 929. The molecule has 0 saturated heterocycles. The second-order valence-electron chi connectivity index (χ2n) is 6.37. The van der Waals surface area contributed by atoms with Gasteiger partial charge in [-0.15, -0.1) is 0 Å². The molecule has 4 rings (SSSR count). The van der Waals surface area contributed by atoms with E-state index in [-0.39, 0.29) is 5.91 Å². The lowest BCUT2D eigenvalue weighted by atomic mass is 9.95. The molecule has 3 aromatic rings. The van der Waals surface area contributed by atoms with Gasteiger partial charge in [0, 0.05) is 15.7 Å². The number of nitrogens with zero attached hydrogens (tertiary/aromatic N) is 2. The Hall–Kier alpha value is -2.47. The van der Waals surface area contributed by atoms with Crippen molar-refractivity contribution in [3.8, 4) is 11.4 Å². The van der Waals surface area contributed by atoms with Crippen LogP contribution in [0, 0.1) is 6.92 Å². The third-order valence-electron chi connectivity index (χ3n) is 4.56. The minimum atomic E-state index is -0.399. The van der Waals surface area contributed by atoms with Crippen molar-refractivity contribution < 1.29 is 4.79 Å². The molecule has 126 valence electrons. The standard InChI is InChI=1S/C19H17BrN4O/c1-12-21-17(24-23-12)13-5-7-16(8-6-13)22-18(25)19(9-10-19)14-3-2-4-15(20)11-14/h2-8,11H,9-10H2,1H3,(H,22,25)(H,21,23,24). The number of aromatic amines is 1. The number of carbonyl (C=O) groups is 1. The maximum atomic E-state index is 12.8. The maximum absolute atomic E-state index is 12.8. The van der Waals surface area contributed by atoms with Gasteiger partial charge in [-0.05, 0) is 61.7 Å². The zero-order valence-corrected chi connectivity index (χ0v) is 15.3. The molecular formula is C19H17BrN4O. The number of aryl methyl sites for hydroxylation is 1. The molecule has 1 heterocycles. The summed E-state index contributed by atoms with van der Waals surface area (Å²) in [5.41, 5.74) is 2.36. The predicted molar refractivity (Wildman–Crippen MR) is 100 cm³/mol. The van der Waals surface area contributed by atoms with Crippen LogP contribution in [0.2, 0.25) is 0 Å². The number of halogens is 1. The minimum absolute atomic E-state index is 0.0482. The summed E-state index contributed by atoms with van der Waals surface area (Å²) in [7, 11) is 0. The maximum Gasteiger partial charge on any atom is 0.235 e. The average molecular weight is 397 g/mol. The summed E-state index contributed by atoms with van der Waals surface area (Å²) < 4.78 is 0.996. The number of aromatic nitrogens is 3. The monoisotopic (exact) mass is 396 g/mol. The van der Waals surface area contributed by atoms with Gasteiger partial charge in [-0.1, -0.05) is 28.1 Å². The second-order valence-corrected chi connectivity index (χ2v) is 7.28. The first-order chi connectivity index (χ1) is 12.1. The molecule has 1 saturated carbocycles. The Morgan fingerprint density at radius 3 is 2.56 bits per heavy atom. The zero-order chi connectivity index (χ0) is 17.4. The van der Waals surface area contributed by atoms with Gasteiger partial charge in [0.05, 0.1) is 5.41 Å². The molecule has 5 nitrogen and oxygen atoms in total. The first kappa shape index (κ1) is 16.0. The van der Waals surface area contributed by atoms with Gasteiger partial charge in [0.15, 0.2) is 5.82 Å². The molecule has 1 amide bonds. The minimum Gasteiger partial charge on any atom is -0.325 e. The Balaban J connectivity index is 1.51. The normalized spacial score (nSPS) is 15.0. The molecule has 1 aromatic heterocycles. The molecule has 25 heavy (non-hydrogen) atoms. The molecule has 0 unspecified atom stereocenters. The van der Waals surface area contributed by atoms with Crippen molar-refractivity contribution in [1.29, 1.82) is 0 Å². The molecule has 1 aliphatic rings. The lowest BCUT2D eigenvalue weighted by molar-refractivity contribution is -0.118. The van der Waals surface area contributed by atoms with Gasteiger partial charge in [-0.2, -0.15) is 5.10 Å². The molecule has 1 fully saturated rings. The average Bonchev–Trinajstić information content (AvgIpc) is 3.32. The smallest absolute Gasteiger partial charge is 0.235 e. The highest BCUT2D eigenvalue weighted by atomic mass is 79.9. The highest BCUT2D eigenvalue weighted by molar-refractivity contribution is 9.10. The van der Waals surface area contributed by atoms with Crippen molar-refractivity contribution in [2.24, 2.45) is 0 Å². The van der Waals surface area contributed by atoms with Gasteiger partial charge in [-0.25, -0.2) is 4.98 Å². The van der Waals surface area contributed by atoms with Gasteiger partial charge < -0.3 is 5.32 Å². The van der Waals surface area contributed by atoms with Crippen LogP contribution in [0.15, 0.2) is 53.0 Å². The predicted octanol–water partition coefficient (Wildman–Crippen LogP) is 4.21. The van der Waals surface area contributed by atoms with Crippen LogP contribution < -0.4 is 5.32 Å². The van der Waals surface area contributed by atoms with Crippen molar-refractivity contribution in [2.75, 3.05) is 5.32 Å². The number of amides is 1. The summed E-state index contributed by atoms with van der Waals surface area (Å²) in [4.78, 5) is 17.1. The third kappa shape index (κ3) is 3.09. The van der Waals surface area contributed by atoms with Crippen molar-refractivity contribution in [3.05, 3.63) is 64.4 Å². The van der Waals surface area contributed by atoms with E-state index in [4.69, 9.17) is 0 Å². The number of H-pyrrole nitrogens is 1. The van der Waals surface area contributed by atoms with Gasteiger partial charge in [0.1, 0.15) is 5.82 Å². The van der Waals surface area contributed by atoms with E-state index in [1.807, 2.05) is 55.5 Å². The summed E-state index contributed by atoms with van der Waals surface area (Å²) >= 11 is 3.48. The van der Waals surface area contributed by atoms with Crippen LogP contribution in [0.25, 0.3) is 11.4 Å². The summed E-state index contributed by atoms with van der Waals surface area (Å²) in [6, 6.07) is 15.6. The first-order valence-corrected chi connectivity index (χ1v) is 8.93. The highest BCUT2D eigenvalue weighted by Crippen LogP contribution is 2.49. The van der Waals surface area contributed by atoms with Crippen LogP contribution in [0.4, 0.5) is 5.69 Å². The Kier molecular flexibility index (Phi) is 3.92. The third-order valence-corrected chi connectivity index (χ3v) is 5.05. The molecule has 0 spiro atoms. The molecule has 0 atom stereocenters. The van der Waals surface area contributed by atoms with Crippen molar-refractivity contribution in [3.63, 3.8) is 0 Å². The van der Waals surface area contributed by atoms with Crippen molar-refractivity contribution in [1.82, 2.24) is 15.2 Å². The lowest BCUT2D eigenvalue weighted by Gasteiger charge is -2.16. The van der Waals surface area contributed by atoms with E-state index < -0.39 is 5.41 Å². The van der Waals surface area contributed by atoms with Crippen LogP contribution in [0.5, 0.6) is 0 Å². The molecule has 0 radical (unpaired) electrons. The number of hydrogen-bond acceptors (Lipinski definition) is 3. The summed E-state index contributed by atoms with van der Waals surface area (Å²) in [6.07, 6.45) is 1.76. The molecule has 2 aromatic carbocycles. The number of nitrogens with one attached hydrogen (secondary N) is 2. The van der Waals surface area contributed by atoms with E-state index in [2.05, 4.69) is 36.4 Å². The van der Waals surface area contributed by atoms with E-state index in [9.17, 15) is 4.79 Å². The lowest BCUT2D eigenvalue weighted by Crippen LogP contribution is -2.27. The van der Waals surface area contributed by atoms with Crippen molar-refractivity contribution in [2.45, 2.75) is 25.2 Å². The fourth-order valence-corrected chi connectivity index (χ4v) is 3.38. The van der Waals surface area contributed by atoms with E-state index >= 15 is 0 Å². The molecule has 1 aliphatic carbocycles. The van der Waals surface area contributed by atoms with Crippen LogP contribution in [-0.2, 0) is 10.2 Å². The molecule has 0 aliphatic heterocycles. The Morgan fingerprint density at radius 2 is 1.96 bits per heavy atom. The quantitative estimate of drug-likeness (QED) is 0.693. The summed E-state index contributed by atoms with van der Waals surface area (Å²) in [5.74, 6) is 1.48. The second kappa shape index (κ2) is 6.11. The van der Waals surface area contributed by atoms with E-state index in [0.717, 1.165) is 40.0 Å². The van der Waals surface area contributed by atoms with E-state index in [1.165, 1.54) is 0 Å². The summed E-state index contributed by atoms with van der Waals surface area (Å²) in [5, 5.41) is 10.0. The Labute approximate surface area is 154 Å². The fraction of sp³-hybridized carbons (Fsp3) is 0.211. The first-order valence-electron chi connectivity index (χ1n) is 8.14. The van der Waals surface area contributed by atoms with Gasteiger partial charge in [0.2, 0.25) is 5.91 Å². The number of hydrogen-bond donors (Lipinski definition) is 2. The highest BCUT2D eigenvalue weighted by Gasteiger charge is 2.51. The van der Waals surface area contributed by atoms with E-state index in [1.54, 1.807) is 0 Å². The number of carbonyl (C=O) groups excluding carboxylic acids is 1. The topological polar surface area (TPSA) is 70.7 Å². The zero-order valence-electron chi connectivity index (χ0n) is 13.7. The molecular weight excluding hydrogens is 380 g/mol. The molecule has 2 N–H and O–H groups in total. The number of anilines is 1. The summed E-state index contributed by atoms with van der Waals surface area (Å²) in [6.45, 7) is 1.86. The van der Waals surface area contributed by atoms with Crippen molar-refractivity contribution >= 4 is 27.5 Å². The Morgan fingerprint density at radius 1 is 1.20 bits per heavy atom. The molecule has 6 heteroatoms. The number of benzene rings is 2. The SMILES string of the molecule is Cc1nc(-c2ccc(NC(=O)C3(c4cccc(Br)c4)CC3)cc2)n[nH]1. The molecule has 0 bridgehead atoms. The fourth-order valence-electron chi connectivity index (χ4n) is 2.98. The van der Waals surface area contributed by atoms with Crippen LogP contribution in [-0.4, -0.2) is 21.1 Å². The van der Waals surface area contributed by atoms with Crippen LogP contribution in [0.3, 0.4) is 0 Å². The van der Waals surface area contributed by atoms with Gasteiger partial charge in [-0.3, -0.25) is 9.89 Å². The van der Waals surface area contributed by atoms with Crippen LogP contribution in [0.1, 0.15) is 24.2 Å². The van der Waals surface area contributed by atoms with E-state index in [0.29, 0.717) is 5.82 Å².